The summed E-state index contributed by atoms with van der Waals surface area (Å²) in [6, 6.07) is 0.625. The van der Waals surface area contributed by atoms with E-state index in [0.717, 1.165) is 35.6 Å². The molecular formula is C17H25N5. The van der Waals surface area contributed by atoms with Crippen LogP contribution in [0.1, 0.15) is 38.1 Å². The smallest absolute Gasteiger partial charge is 0.0951 e. The van der Waals surface area contributed by atoms with Gasteiger partial charge in [-0.3, -0.25) is 15.1 Å². The van der Waals surface area contributed by atoms with Gasteiger partial charge >= 0.3 is 0 Å². The van der Waals surface area contributed by atoms with E-state index in [2.05, 4.69) is 38.9 Å². The second-order valence-corrected chi connectivity index (χ2v) is 6.56. The average Bonchev–Trinajstić information content (AvgIpc) is 2.94. The Hall–Kier alpha value is -1.75. The molecular weight excluding hydrogens is 274 g/mol. The van der Waals surface area contributed by atoms with Crippen LogP contribution < -0.4 is 0 Å². The summed E-state index contributed by atoms with van der Waals surface area (Å²) in [6.45, 7) is 8.98. The third-order valence-corrected chi connectivity index (χ3v) is 4.62. The molecule has 0 radical (unpaired) electrons. The van der Waals surface area contributed by atoms with Crippen molar-refractivity contribution < 1.29 is 0 Å². The molecule has 1 aliphatic heterocycles. The van der Waals surface area contributed by atoms with Gasteiger partial charge in [-0.1, -0.05) is 0 Å². The van der Waals surface area contributed by atoms with E-state index in [1.54, 1.807) is 12.4 Å². The number of nitrogens with zero attached hydrogens (tertiary/aromatic N) is 4. The molecule has 1 unspecified atom stereocenters. The van der Waals surface area contributed by atoms with E-state index in [1.165, 1.54) is 19.4 Å². The van der Waals surface area contributed by atoms with Crippen molar-refractivity contribution in [1.82, 2.24) is 25.1 Å². The topological polar surface area (TPSA) is 57.7 Å². The number of aryl methyl sites for hydroxylation is 1. The van der Waals surface area contributed by atoms with E-state index in [4.69, 9.17) is 0 Å². The van der Waals surface area contributed by atoms with Crippen molar-refractivity contribution in [3.8, 4) is 11.3 Å². The van der Waals surface area contributed by atoms with Crippen molar-refractivity contribution in [2.24, 2.45) is 5.92 Å². The van der Waals surface area contributed by atoms with Crippen LogP contribution in [0, 0.1) is 12.8 Å². The molecule has 2 aromatic heterocycles. The van der Waals surface area contributed by atoms with Crippen molar-refractivity contribution in [3.05, 3.63) is 30.0 Å². The van der Waals surface area contributed by atoms with Gasteiger partial charge in [-0.05, 0) is 52.5 Å². The van der Waals surface area contributed by atoms with Crippen LogP contribution in [0.25, 0.3) is 11.3 Å². The largest absolute Gasteiger partial charge is 0.301 e. The maximum Gasteiger partial charge on any atom is 0.0951 e. The number of nitrogens with one attached hydrogen (secondary N) is 1. The molecule has 0 aromatic carbocycles. The van der Waals surface area contributed by atoms with E-state index < -0.39 is 0 Å². The van der Waals surface area contributed by atoms with E-state index in [0.29, 0.717) is 12.0 Å². The lowest BCUT2D eigenvalue weighted by Gasteiger charge is -2.35. The van der Waals surface area contributed by atoms with Gasteiger partial charge in [0, 0.05) is 36.2 Å². The van der Waals surface area contributed by atoms with Crippen LogP contribution in [0.15, 0.2) is 18.6 Å². The molecule has 2 aromatic rings. The lowest BCUT2D eigenvalue weighted by Crippen LogP contribution is -2.40. The zero-order chi connectivity index (χ0) is 15.5. The van der Waals surface area contributed by atoms with Crippen molar-refractivity contribution in [1.29, 1.82) is 0 Å². The van der Waals surface area contributed by atoms with Gasteiger partial charge in [0.1, 0.15) is 0 Å². The fraction of sp³-hybridized carbons (Fsp3) is 0.588. The van der Waals surface area contributed by atoms with Gasteiger partial charge < -0.3 is 4.90 Å². The Labute approximate surface area is 132 Å². The highest BCUT2D eigenvalue weighted by Crippen LogP contribution is 2.27. The number of aromatic nitrogens is 4. The lowest BCUT2D eigenvalue weighted by molar-refractivity contribution is 0.139. The van der Waals surface area contributed by atoms with Gasteiger partial charge in [0.25, 0.3) is 0 Å². The number of H-pyrrole nitrogens is 1. The molecule has 1 saturated heterocycles. The molecule has 1 atom stereocenters. The average molecular weight is 299 g/mol. The maximum atomic E-state index is 4.62. The summed E-state index contributed by atoms with van der Waals surface area (Å²) >= 11 is 0. The van der Waals surface area contributed by atoms with Crippen LogP contribution in [0.5, 0.6) is 0 Å². The molecule has 1 fully saturated rings. The zero-order valence-corrected chi connectivity index (χ0v) is 13.7. The summed E-state index contributed by atoms with van der Waals surface area (Å²) in [5.74, 6) is 0.666. The Kier molecular flexibility index (Phi) is 4.52. The predicted molar refractivity (Wildman–Crippen MR) is 87.5 cm³/mol. The minimum Gasteiger partial charge on any atom is -0.301 e. The van der Waals surface area contributed by atoms with Gasteiger partial charge in [0.2, 0.25) is 0 Å². The summed E-state index contributed by atoms with van der Waals surface area (Å²) in [5, 5.41) is 7.11. The first kappa shape index (κ1) is 15.2. The standard InChI is InChI=1S/C17H25N5/c1-12(2)22-8-4-5-14(11-22)9-16-17(19-7-6-18-16)15-10-20-21-13(15)3/h6-7,10,12,14H,4-5,8-9,11H2,1-3H3,(H,20,21). The summed E-state index contributed by atoms with van der Waals surface area (Å²) in [7, 11) is 0. The zero-order valence-electron chi connectivity index (χ0n) is 13.7. The van der Waals surface area contributed by atoms with Crippen LogP contribution in [0.4, 0.5) is 0 Å². The Bertz CT molecular complexity index is 619. The molecule has 0 bridgehead atoms. The van der Waals surface area contributed by atoms with Crippen molar-refractivity contribution in [3.63, 3.8) is 0 Å². The first-order valence-corrected chi connectivity index (χ1v) is 8.19. The summed E-state index contributed by atoms with van der Waals surface area (Å²) in [5.41, 5.74) is 4.20. The predicted octanol–water partition coefficient (Wildman–Crippen LogP) is 2.84. The Balaban J connectivity index is 1.80. The number of rotatable bonds is 4. The molecule has 1 aliphatic rings. The van der Waals surface area contributed by atoms with Crippen LogP contribution in [0.2, 0.25) is 0 Å². The lowest BCUT2D eigenvalue weighted by atomic mass is 9.91. The fourth-order valence-corrected chi connectivity index (χ4v) is 3.34. The minimum atomic E-state index is 0.625. The highest BCUT2D eigenvalue weighted by molar-refractivity contribution is 5.62. The molecule has 1 N–H and O–H groups in total. The highest BCUT2D eigenvalue weighted by atomic mass is 15.2. The Morgan fingerprint density at radius 2 is 2.14 bits per heavy atom. The fourth-order valence-electron chi connectivity index (χ4n) is 3.34. The van der Waals surface area contributed by atoms with Crippen LogP contribution in [0.3, 0.4) is 0 Å². The first-order chi connectivity index (χ1) is 10.6. The van der Waals surface area contributed by atoms with E-state index in [1.807, 2.05) is 13.1 Å². The van der Waals surface area contributed by atoms with Crippen LogP contribution in [-0.4, -0.2) is 44.2 Å². The maximum absolute atomic E-state index is 4.62. The van der Waals surface area contributed by atoms with Gasteiger partial charge in [0.05, 0.1) is 17.6 Å². The monoisotopic (exact) mass is 299 g/mol. The molecule has 0 amide bonds. The molecule has 0 saturated carbocycles. The number of aromatic amines is 1. The quantitative estimate of drug-likeness (QED) is 0.943. The van der Waals surface area contributed by atoms with E-state index in [9.17, 15) is 0 Å². The third kappa shape index (κ3) is 3.19. The van der Waals surface area contributed by atoms with Crippen molar-refractivity contribution >= 4 is 0 Å². The normalized spacial score (nSPS) is 19.7. The molecule has 0 spiro atoms. The second-order valence-electron chi connectivity index (χ2n) is 6.56. The molecule has 3 heterocycles. The molecule has 3 rings (SSSR count). The Morgan fingerprint density at radius 3 is 2.86 bits per heavy atom. The second kappa shape index (κ2) is 6.57. The first-order valence-electron chi connectivity index (χ1n) is 8.19. The van der Waals surface area contributed by atoms with Gasteiger partial charge in [0.15, 0.2) is 0 Å². The van der Waals surface area contributed by atoms with Gasteiger partial charge in [-0.15, -0.1) is 0 Å². The van der Waals surface area contributed by atoms with E-state index >= 15 is 0 Å². The third-order valence-electron chi connectivity index (χ3n) is 4.62. The summed E-state index contributed by atoms with van der Waals surface area (Å²) in [6.07, 6.45) is 8.98. The molecule has 22 heavy (non-hydrogen) atoms. The summed E-state index contributed by atoms with van der Waals surface area (Å²) < 4.78 is 0. The van der Waals surface area contributed by atoms with Crippen LogP contribution in [-0.2, 0) is 6.42 Å². The van der Waals surface area contributed by atoms with E-state index in [-0.39, 0.29) is 0 Å². The number of hydrogen-bond donors (Lipinski definition) is 1. The number of likely N-dealkylation sites (tertiary alicyclic amines) is 1. The van der Waals surface area contributed by atoms with Gasteiger partial charge in [-0.2, -0.15) is 5.10 Å². The molecule has 118 valence electrons. The summed E-state index contributed by atoms with van der Waals surface area (Å²) in [4.78, 5) is 11.8. The van der Waals surface area contributed by atoms with Gasteiger partial charge in [-0.25, -0.2) is 0 Å². The highest BCUT2D eigenvalue weighted by Gasteiger charge is 2.24. The Morgan fingerprint density at radius 1 is 1.32 bits per heavy atom. The SMILES string of the molecule is Cc1[nH]ncc1-c1nccnc1CC1CCCN(C(C)C)C1. The molecule has 5 heteroatoms. The van der Waals surface area contributed by atoms with Crippen LogP contribution >= 0.6 is 0 Å². The minimum absolute atomic E-state index is 0.625. The number of piperidine rings is 1. The van der Waals surface area contributed by atoms with Crippen molar-refractivity contribution in [2.75, 3.05) is 13.1 Å². The molecule has 0 aliphatic carbocycles. The number of hydrogen-bond acceptors (Lipinski definition) is 4. The van der Waals surface area contributed by atoms with Crippen molar-refractivity contribution in [2.45, 2.75) is 46.1 Å². The molecule has 5 nitrogen and oxygen atoms in total.